The van der Waals surface area contributed by atoms with Gasteiger partial charge in [-0.25, -0.2) is 0 Å². The Morgan fingerprint density at radius 1 is 1.20 bits per heavy atom. The van der Waals surface area contributed by atoms with Crippen molar-refractivity contribution in [1.82, 2.24) is 4.90 Å². The van der Waals surface area contributed by atoms with Crippen molar-refractivity contribution in [2.24, 2.45) is 5.92 Å². The molecule has 1 amide bonds. The first kappa shape index (κ1) is 17.4. The van der Waals surface area contributed by atoms with Crippen molar-refractivity contribution in [3.05, 3.63) is 0 Å². The molecule has 1 fully saturated rings. The van der Waals surface area contributed by atoms with Crippen LogP contribution in [-0.2, 0) is 14.3 Å². The van der Waals surface area contributed by atoms with Crippen LogP contribution >= 0.6 is 0 Å². The molecule has 4 nitrogen and oxygen atoms in total. The molecule has 1 aliphatic heterocycles. The first-order valence-corrected chi connectivity index (χ1v) is 8.22. The Bertz CT molecular complexity index is 264. The van der Waals surface area contributed by atoms with Gasteiger partial charge in [-0.2, -0.15) is 0 Å². The zero-order valence-electron chi connectivity index (χ0n) is 13.4. The molecule has 0 bridgehead atoms. The van der Waals surface area contributed by atoms with Crippen LogP contribution in [0.5, 0.6) is 0 Å². The van der Waals surface area contributed by atoms with Crippen molar-refractivity contribution in [3.63, 3.8) is 0 Å². The quantitative estimate of drug-likeness (QED) is 0.611. The third-order valence-electron chi connectivity index (χ3n) is 3.96. The average Bonchev–Trinajstić information content (AvgIpc) is 2.60. The van der Waals surface area contributed by atoms with E-state index >= 15 is 0 Å². The largest absolute Gasteiger partial charge is 0.353 e. The summed E-state index contributed by atoms with van der Waals surface area (Å²) in [5.41, 5.74) is 0. The van der Waals surface area contributed by atoms with Crippen molar-refractivity contribution in [3.8, 4) is 0 Å². The van der Waals surface area contributed by atoms with Gasteiger partial charge in [-0.05, 0) is 32.6 Å². The predicted octanol–water partition coefficient (Wildman–Crippen LogP) is 3.20. The molecular weight excluding hydrogens is 254 g/mol. The molecule has 0 spiro atoms. The zero-order valence-corrected chi connectivity index (χ0v) is 13.4. The number of carbonyl (C=O) groups is 1. The zero-order chi connectivity index (χ0) is 14.8. The van der Waals surface area contributed by atoms with Gasteiger partial charge in [-0.1, -0.05) is 19.8 Å². The SMILES string of the molecule is CCCC1CCC(=O)N(CCC(OCC)OCC)CC1. The number of carbonyl (C=O) groups excluding carboxylic acids is 1. The minimum atomic E-state index is -0.174. The number of likely N-dealkylation sites (tertiary alicyclic amines) is 1. The summed E-state index contributed by atoms with van der Waals surface area (Å²) in [5.74, 6) is 1.03. The number of hydrogen-bond acceptors (Lipinski definition) is 3. The molecule has 1 unspecified atom stereocenters. The van der Waals surface area contributed by atoms with E-state index in [9.17, 15) is 4.79 Å². The van der Waals surface area contributed by atoms with E-state index in [-0.39, 0.29) is 6.29 Å². The monoisotopic (exact) mass is 285 g/mol. The fourth-order valence-electron chi connectivity index (χ4n) is 2.87. The number of ether oxygens (including phenoxy) is 2. The molecule has 4 heteroatoms. The van der Waals surface area contributed by atoms with Crippen LogP contribution in [0.4, 0.5) is 0 Å². The molecule has 1 aliphatic rings. The number of amides is 1. The summed E-state index contributed by atoms with van der Waals surface area (Å²) in [6, 6.07) is 0. The topological polar surface area (TPSA) is 38.8 Å². The van der Waals surface area contributed by atoms with Crippen LogP contribution in [0.15, 0.2) is 0 Å². The first-order chi connectivity index (χ1) is 9.71. The molecule has 1 heterocycles. The Morgan fingerprint density at radius 3 is 2.50 bits per heavy atom. The van der Waals surface area contributed by atoms with Crippen LogP contribution < -0.4 is 0 Å². The lowest BCUT2D eigenvalue weighted by Gasteiger charge is -2.24. The van der Waals surface area contributed by atoms with Crippen molar-refractivity contribution in [2.75, 3.05) is 26.3 Å². The predicted molar refractivity (Wildman–Crippen MR) is 80.5 cm³/mol. The van der Waals surface area contributed by atoms with Gasteiger partial charge in [0.25, 0.3) is 0 Å². The highest BCUT2D eigenvalue weighted by Crippen LogP contribution is 2.22. The van der Waals surface area contributed by atoms with Crippen molar-refractivity contribution in [2.45, 2.75) is 65.6 Å². The molecular formula is C16H31NO3. The summed E-state index contributed by atoms with van der Waals surface area (Å²) in [5, 5.41) is 0. The first-order valence-electron chi connectivity index (χ1n) is 8.22. The second-order valence-corrected chi connectivity index (χ2v) is 5.49. The van der Waals surface area contributed by atoms with Gasteiger partial charge in [-0.3, -0.25) is 4.79 Å². The van der Waals surface area contributed by atoms with Gasteiger partial charge in [0.15, 0.2) is 6.29 Å². The van der Waals surface area contributed by atoms with Crippen LogP contribution in [-0.4, -0.2) is 43.4 Å². The molecule has 0 aromatic carbocycles. The van der Waals surface area contributed by atoms with Crippen LogP contribution in [0, 0.1) is 5.92 Å². The highest BCUT2D eigenvalue weighted by atomic mass is 16.7. The van der Waals surface area contributed by atoms with E-state index < -0.39 is 0 Å². The standard InChI is InChI=1S/C16H31NO3/c1-4-7-14-8-9-15(18)17(12-10-14)13-11-16(19-5-2)20-6-3/h14,16H,4-13H2,1-3H3. The maximum absolute atomic E-state index is 12.1. The minimum absolute atomic E-state index is 0.174. The minimum Gasteiger partial charge on any atom is -0.353 e. The van der Waals surface area contributed by atoms with Crippen molar-refractivity contribution < 1.29 is 14.3 Å². The van der Waals surface area contributed by atoms with E-state index in [0.29, 0.717) is 25.5 Å². The average molecular weight is 285 g/mol. The van der Waals surface area contributed by atoms with Gasteiger partial charge in [-0.15, -0.1) is 0 Å². The number of rotatable bonds is 9. The van der Waals surface area contributed by atoms with Crippen molar-refractivity contribution in [1.29, 1.82) is 0 Å². The fourth-order valence-corrected chi connectivity index (χ4v) is 2.87. The highest BCUT2D eigenvalue weighted by Gasteiger charge is 2.22. The lowest BCUT2D eigenvalue weighted by Crippen LogP contribution is -2.34. The molecule has 0 saturated carbocycles. The van der Waals surface area contributed by atoms with Gasteiger partial charge in [0.1, 0.15) is 0 Å². The maximum atomic E-state index is 12.1. The smallest absolute Gasteiger partial charge is 0.222 e. The summed E-state index contributed by atoms with van der Waals surface area (Å²) >= 11 is 0. The lowest BCUT2D eigenvalue weighted by molar-refractivity contribution is -0.146. The van der Waals surface area contributed by atoms with E-state index in [1.165, 1.54) is 12.8 Å². The molecule has 0 aliphatic carbocycles. The van der Waals surface area contributed by atoms with Crippen LogP contribution in [0.2, 0.25) is 0 Å². The summed E-state index contributed by atoms with van der Waals surface area (Å²) < 4.78 is 11.1. The van der Waals surface area contributed by atoms with Crippen LogP contribution in [0.3, 0.4) is 0 Å². The summed E-state index contributed by atoms with van der Waals surface area (Å²) in [6.07, 6.45) is 5.98. The second-order valence-electron chi connectivity index (χ2n) is 5.49. The van der Waals surface area contributed by atoms with Gasteiger partial charge < -0.3 is 14.4 Å². The third-order valence-corrected chi connectivity index (χ3v) is 3.96. The molecule has 1 saturated heterocycles. The Labute approximate surface area is 123 Å². The van der Waals surface area contributed by atoms with E-state index in [0.717, 1.165) is 38.3 Å². The number of hydrogen-bond donors (Lipinski definition) is 0. The molecule has 0 N–H and O–H groups in total. The molecule has 1 atom stereocenters. The Hall–Kier alpha value is -0.610. The maximum Gasteiger partial charge on any atom is 0.222 e. The van der Waals surface area contributed by atoms with E-state index in [2.05, 4.69) is 6.92 Å². The molecule has 0 aromatic rings. The summed E-state index contributed by atoms with van der Waals surface area (Å²) in [4.78, 5) is 14.1. The van der Waals surface area contributed by atoms with Gasteiger partial charge >= 0.3 is 0 Å². The van der Waals surface area contributed by atoms with Crippen LogP contribution in [0.1, 0.15) is 59.3 Å². The van der Waals surface area contributed by atoms with Crippen LogP contribution in [0.25, 0.3) is 0 Å². The lowest BCUT2D eigenvalue weighted by atomic mass is 9.96. The Morgan fingerprint density at radius 2 is 1.90 bits per heavy atom. The van der Waals surface area contributed by atoms with E-state index in [1.54, 1.807) is 0 Å². The normalized spacial score (nSPS) is 20.5. The highest BCUT2D eigenvalue weighted by molar-refractivity contribution is 5.76. The molecule has 118 valence electrons. The van der Waals surface area contributed by atoms with E-state index in [4.69, 9.17) is 9.47 Å². The molecule has 0 aromatic heterocycles. The Kier molecular flexibility index (Phi) is 8.86. The molecule has 20 heavy (non-hydrogen) atoms. The fraction of sp³-hybridized carbons (Fsp3) is 0.938. The second kappa shape index (κ2) is 10.2. The molecule has 1 rings (SSSR count). The van der Waals surface area contributed by atoms with Gasteiger partial charge in [0.05, 0.1) is 0 Å². The van der Waals surface area contributed by atoms with Gasteiger partial charge in [0, 0.05) is 39.1 Å². The van der Waals surface area contributed by atoms with Gasteiger partial charge in [0.2, 0.25) is 5.91 Å². The van der Waals surface area contributed by atoms with E-state index in [1.807, 2.05) is 18.7 Å². The Balaban J connectivity index is 2.39. The summed E-state index contributed by atoms with van der Waals surface area (Å²) in [6.45, 7) is 9.11. The van der Waals surface area contributed by atoms with Crippen molar-refractivity contribution >= 4 is 5.91 Å². The number of nitrogens with zero attached hydrogens (tertiary/aromatic N) is 1. The third kappa shape index (κ3) is 6.23. The molecule has 0 radical (unpaired) electrons. The summed E-state index contributed by atoms with van der Waals surface area (Å²) in [7, 11) is 0.